The molecule has 1 N–H and O–H groups in total. The number of aromatic nitrogens is 1. The third-order valence-electron chi connectivity index (χ3n) is 8.10. The molecule has 9 nitrogen and oxygen atoms in total. The highest BCUT2D eigenvalue weighted by atomic mass is 35.5. The van der Waals surface area contributed by atoms with Gasteiger partial charge in [-0.25, -0.2) is 9.37 Å². The van der Waals surface area contributed by atoms with E-state index in [1.807, 2.05) is 0 Å². The lowest BCUT2D eigenvalue weighted by atomic mass is 9.94. The molecule has 5 heterocycles. The SMILES string of the molecule is C=CC(=O)N1CCN2C(=O)c3c(N4CCCC45CCOC5)nc(-c4c(O)cccc4F)c(Cl)c3OC[C@H]2C1. The van der Waals surface area contributed by atoms with Crippen LogP contribution < -0.4 is 9.64 Å². The lowest BCUT2D eigenvalue weighted by Gasteiger charge is -2.40. The number of phenols is 1. The summed E-state index contributed by atoms with van der Waals surface area (Å²) in [6.45, 7) is 6.33. The maximum absolute atomic E-state index is 15.0. The number of carbonyl (C=O) groups is 2. The third kappa shape index (κ3) is 3.80. The second kappa shape index (κ2) is 9.43. The van der Waals surface area contributed by atoms with Crippen molar-refractivity contribution in [1.82, 2.24) is 14.8 Å². The first-order chi connectivity index (χ1) is 18.3. The topological polar surface area (TPSA) is 95.4 Å². The normalized spacial score (nSPS) is 24.7. The fourth-order valence-corrected chi connectivity index (χ4v) is 6.45. The van der Waals surface area contributed by atoms with E-state index in [0.29, 0.717) is 38.7 Å². The van der Waals surface area contributed by atoms with Crippen molar-refractivity contribution >= 4 is 29.2 Å². The number of anilines is 1. The second-order valence-corrected chi connectivity index (χ2v) is 10.5. The zero-order chi connectivity index (χ0) is 26.6. The monoisotopic (exact) mass is 542 g/mol. The van der Waals surface area contributed by atoms with Gasteiger partial charge in [0.15, 0.2) is 5.75 Å². The van der Waals surface area contributed by atoms with Crippen molar-refractivity contribution in [1.29, 1.82) is 0 Å². The first kappa shape index (κ1) is 24.9. The molecule has 1 aromatic carbocycles. The van der Waals surface area contributed by atoms with Gasteiger partial charge in [0.2, 0.25) is 5.91 Å². The first-order valence-electron chi connectivity index (χ1n) is 12.8. The summed E-state index contributed by atoms with van der Waals surface area (Å²) in [5, 5.41) is 10.5. The van der Waals surface area contributed by atoms with E-state index in [9.17, 15) is 14.7 Å². The van der Waals surface area contributed by atoms with Gasteiger partial charge in [0.05, 0.1) is 23.8 Å². The summed E-state index contributed by atoms with van der Waals surface area (Å²) in [6, 6.07) is 3.56. The van der Waals surface area contributed by atoms with Crippen LogP contribution in [0.15, 0.2) is 30.9 Å². The van der Waals surface area contributed by atoms with Gasteiger partial charge in [-0.2, -0.15) is 0 Å². The van der Waals surface area contributed by atoms with E-state index >= 15 is 4.39 Å². The number of amides is 2. The molecular formula is C27H28ClFN4O5. The summed E-state index contributed by atoms with van der Waals surface area (Å²) < 4.78 is 27.0. The maximum atomic E-state index is 15.0. The van der Waals surface area contributed by atoms with Crippen LogP contribution in [0.1, 0.15) is 29.6 Å². The van der Waals surface area contributed by atoms with Crippen molar-refractivity contribution in [3.05, 3.63) is 47.3 Å². The number of phenolic OH excluding ortho intramolecular Hbond substituents is 1. The zero-order valence-electron chi connectivity index (χ0n) is 20.8. The third-order valence-corrected chi connectivity index (χ3v) is 8.45. The van der Waals surface area contributed by atoms with Gasteiger partial charge >= 0.3 is 0 Å². The molecule has 6 rings (SSSR count). The van der Waals surface area contributed by atoms with E-state index in [1.165, 1.54) is 24.3 Å². The van der Waals surface area contributed by atoms with Crippen molar-refractivity contribution in [3.63, 3.8) is 0 Å². The number of ether oxygens (including phenoxy) is 2. The molecule has 0 radical (unpaired) electrons. The van der Waals surface area contributed by atoms with Crippen molar-refractivity contribution < 1.29 is 28.6 Å². The molecule has 11 heteroatoms. The van der Waals surface area contributed by atoms with Crippen LogP contribution in [0.5, 0.6) is 11.5 Å². The molecule has 200 valence electrons. The quantitative estimate of drug-likeness (QED) is 0.595. The lowest BCUT2D eigenvalue weighted by molar-refractivity contribution is -0.128. The fourth-order valence-electron chi connectivity index (χ4n) is 6.16. The summed E-state index contributed by atoms with van der Waals surface area (Å²) in [5.74, 6) is -1.07. The molecule has 3 fully saturated rings. The van der Waals surface area contributed by atoms with Gasteiger partial charge in [-0.1, -0.05) is 24.2 Å². The predicted molar refractivity (Wildman–Crippen MR) is 138 cm³/mol. The number of nitrogens with zero attached hydrogens (tertiary/aromatic N) is 4. The number of piperazine rings is 1. The van der Waals surface area contributed by atoms with Gasteiger partial charge in [-0.15, -0.1) is 0 Å². The van der Waals surface area contributed by atoms with Crippen LogP contribution in [0.2, 0.25) is 5.02 Å². The number of aromatic hydroxyl groups is 1. The Kier molecular flexibility index (Phi) is 6.19. The number of benzene rings is 1. The highest BCUT2D eigenvalue weighted by molar-refractivity contribution is 6.35. The molecule has 4 aliphatic heterocycles. The fraction of sp³-hybridized carbons (Fsp3) is 0.444. The Morgan fingerprint density at radius 2 is 2.11 bits per heavy atom. The van der Waals surface area contributed by atoms with Crippen LogP contribution in [0.25, 0.3) is 11.3 Å². The number of fused-ring (bicyclic) bond motifs is 2. The molecule has 0 aliphatic carbocycles. The number of rotatable bonds is 3. The van der Waals surface area contributed by atoms with Gasteiger partial charge in [-0.05, 0) is 37.5 Å². The predicted octanol–water partition coefficient (Wildman–Crippen LogP) is 3.24. The highest BCUT2D eigenvalue weighted by Crippen LogP contribution is 2.49. The summed E-state index contributed by atoms with van der Waals surface area (Å²) in [7, 11) is 0. The Morgan fingerprint density at radius 3 is 2.84 bits per heavy atom. The van der Waals surface area contributed by atoms with Crippen molar-refractivity contribution in [2.45, 2.75) is 30.8 Å². The van der Waals surface area contributed by atoms with Gasteiger partial charge in [0, 0.05) is 32.8 Å². The second-order valence-electron chi connectivity index (χ2n) is 10.2. The van der Waals surface area contributed by atoms with E-state index in [1.54, 1.807) is 9.80 Å². The summed E-state index contributed by atoms with van der Waals surface area (Å²) in [4.78, 5) is 36.7. The molecule has 1 aromatic heterocycles. The standard InChI is InChI=1S/C27H28ClFN4O5/c1-2-19(35)31-10-11-32-16(13-31)14-38-24-21(26(32)36)25(33-9-4-7-27(33)8-12-37-15-27)30-23(22(24)28)20-17(29)5-3-6-18(20)34/h2-3,5-6,16,34H,1,4,7-15H2/t16-,27?/m1/s1. The van der Waals surface area contributed by atoms with E-state index in [-0.39, 0.29) is 63.8 Å². The van der Waals surface area contributed by atoms with Crippen LogP contribution in [-0.4, -0.2) is 89.3 Å². The molecular weight excluding hydrogens is 515 g/mol. The van der Waals surface area contributed by atoms with Gasteiger partial charge in [-0.3, -0.25) is 9.59 Å². The van der Waals surface area contributed by atoms with Crippen molar-refractivity contribution in [2.75, 3.05) is 50.9 Å². The van der Waals surface area contributed by atoms with Crippen LogP contribution in [-0.2, 0) is 9.53 Å². The molecule has 2 amide bonds. The molecule has 38 heavy (non-hydrogen) atoms. The Morgan fingerprint density at radius 1 is 1.26 bits per heavy atom. The van der Waals surface area contributed by atoms with Crippen molar-refractivity contribution in [2.24, 2.45) is 0 Å². The number of hydrogen-bond donors (Lipinski definition) is 1. The molecule has 2 aromatic rings. The van der Waals surface area contributed by atoms with Gasteiger partial charge in [0.1, 0.15) is 40.3 Å². The minimum atomic E-state index is -0.693. The molecule has 2 atom stereocenters. The van der Waals surface area contributed by atoms with E-state index in [2.05, 4.69) is 11.5 Å². The summed E-state index contributed by atoms with van der Waals surface area (Å²) >= 11 is 6.81. The minimum Gasteiger partial charge on any atom is -0.507 e. The molecule has 3 saturated heterocycles. The Balaban J connectivity index is 1.53. The zero-order valence-corrected chi connectivity index (χ0v) is 21.5. The largest absolute Gasteiger partial charge is 0.507 e. The summed E-state index contributed by atoms with van der Waals surface area (Å²) in [5.41, 5.74) is -0.274. The lowest BCUT2D eigenvalue weighted by Crippen LogP contribution is -2.57. The van der Waals surface area contributed by atoms with Crippen LogP contribution in [0, 0.1) is 5.82 Å². The number of pyridine rings is 1. The van der Waals surface area contributed by atoms with Gasteiger partial charge in [0.25, 0.3) is 5.91 Å². The number of hydrogen-bond acceptors (Lipinski definition) is 7. The summed E-state index contributed by atoms with van der Waals surface area (Å²) in [6.07, 6.45) is 3.77. The van der Waals surface area contributed by atoms with Crippen LogP contribution in [0.3, 0.4) is 0 Å². The Hall–Kier alpha value is -3.37. The highest BCUT2D eigenvalue weighted by Gasteiger charge is 2.48. The van der Waals surface area contributed by atoms with Crippen LogP contribution in [0.4, 0.5) is 10.2 Å². The molecule has 0 bridgehead atoms. The van der Waals surface area contributed by atoms with Crippen molar-refractivity contribution in [3.8, 4) is 22.8 Å². The smallest absolute Gasteiger partial charge is 0.261 e. The Labute approximate surface area is 224 Å². The average molecular weight is 543 g/mol. The van der Waals surface area contributed by atoms with Gasteiger partial charge < -0.3 is 29.3 Å². The maximum Gasteiger partial charge on any atom is 0.261 e. The minimum absolute atomic E-state index is 0.00751. The van der Waals surface area contributed by atoms with E-state index in [4.69, 9.17) is 26.1 Å². The average Bonchev–Trinajstić information content (AvgIpc) is 3.53. The molecule has 1 spiro atoms. The Bertz CT molecular complexity index is 1310. The number of halogens is 2. The van der Waals surface area contributed by atoms with E-state index < -0.39 is 11.9 Å². The molecule has 4 aliphatic rings. The van der Waals surface area contributed by atoms with Crippen LogP contribution >= 0.6 is 11.6 Å². The molecule has 0 saturated carbocycles. The van der Waals surface area contributed by atoms with E-state index in [0.717, 1.165) is 19.3 Å². The number of carbonyl (C=O) groups excluding carboxylic acids is 2. The molecule has 1 unspecified atom stereocenters. The first-order valence-corrected chi connectivity index (χ1v) is 13.1.